The number of hydrogen-bond acceptors (Lipinski definition) is 22. The van der Waals surface area contributed by atoms with E-state index < -0.39 is 124 Å². The van der Waals surface area contributed by atoms with Crippen molar-refractivity contribution in [3.8, 4) is 5.75 Å². The first-order chi connectivity index (χ1) is 41.0. The number of hydrogen-bond donors (Lipinski definition) is 14. The molecule has 8 atom stereocenters. The second-order valence-corrected chi connectivity index (χ2v) is 26.2. The van der Waals surface area contributed by atoms with Crippen LogP contribution in [0.4, 0.5) is 11.4 Å². The zero-order valence-corrected chi connectivity index (χ0v) is 50.8. The van der Waals surface area contributed by atoms with Crippen LogP contribution in [0.15, 0.2) is 112 Å². The molecular weight excluding hydrogens is 1200 g/mol. The number of nitrogens with one attached hydrogen (secondary N) is 2. The van der Waals surface area contributed by atoms with Crippen molar-refractivity contribution >= 4 is 61.2 Å². The zero-order valence-electron chi connectivity index (χ0n) is 48.4. The third kappa shape index (κ3) is 17.9. The van der Waals surface area contributed by atoms with Crippen LogP contribution in [0.3, 0.4) is 0 Å². The Morgan fingerprint density at radius 2 is 1.29 bits per heavy atom. The number of ether oxygens (including phenoxy) is 1. The topological polar surface area (TPSA) is 426 Å². The molecule has 0 saturated carbocycles. The highest BCUT2D eigenvalue weighted by molar-refractivity contribution is 7.94. The van der Waals surface area contributed by atoms with Crippen LogP contribution in [0.5, 0.6) is 5.75 Å². The molecule has 8 unspecified atom stereocenters. The second kappa shape index (κ2) is 30.8. The van der Waals surface area contributed by atoms with Crippen molar-refractivity contribution in [1.82, 2.24) is 10.6 Å². The van der Waals surface area contributed by atoms with Gasteiger partial charge in [-0.1, -0.05) is 19.9 Å². The summed E-state index contributed by atoms with van der Waals surface area (Å²) in [7, 11) is -8.85. The summed E-state index contributed by atoms with van der Waals surface area (Å²) in [6.07, 6.45) is -3.70. The number of unbranched alkanes of at least 4 members (excludes halogenated alkanes) is 2. The highest BCUT2D eigenvalue weighted by Crippen LogP contribution is 2.49. The smallest absolute Gasteiger partial charge is 0.294 e. The summed E-state index contributed by atoms with van der Waals surface area (Å²) in [5.74, 6) is -0.696. The fraction of sp³-hybridized carbons (Fsp3) is 0.500. The Balaban J connectivity index is 1.41. The van der Waals surface area contributed by atoms with Crippen LogP contribution in [0, 0.1) is 0 Å². The number of nitrogens with zero attached hydrogens (tertiary/aromatic N) is 2. The average molecular weight is 1280 g/mol. The van der Waals surface area contributed by atoms with Gasteiger partial charge in [-0.15, -0.1) is 0 Å². The molecule has 2 amide bonds. The predicted molar refractivity (Wildman–Crippen MR) is 316 cm³/mol. The largest absolute Gasteiger partial charge is 0.691 e. The maximum absolute atomic E-state index is 13.6. The van der Waals surface area contributed by atoms with Crippen LogP contribution in [0.1, 0.15) is 104 Å². The van der Waals surface area contributed by atoms with Gasteiger partial charge in [-0.3, -0.25) is 23.7 Å². The van der Waals surface area contributed by atoms with Gasteiger partial charge < -0.3 is 76.6 Å². The molecule has 1 aliphatic carbocycles. The molecule has 3 aromatic rings. The van der Waals surface area contributed by atoms with Crippen LogP contribution in [-0.2, 0) is 40.4 Å². The van der Waals surface area contributed by atoms with E-state index in [0.29, 0.717) is 79.1 Å². The van der Waals surface area contributed by atoms with Crippen LogP contribution in [-0.4, -0.2) is 199 Å². The Labute approximate surface area is 508 Å². The summed E-state index contributed by atoms with van der Waals surface area (Å²) in [5.41, 5.74) is 4.50. The van der Waals surface area contributed by atoms with Gasteiger partial charge in [0.05, 0.1) is 41.5 Å². The number of allylic oxidation sites excluding steroid dienone is 7. The first-order valence-electron chi connectivity index (χ1n) is 28.0. The number of fused-ring (bicyclic) bond motifs is 2. The van der Waals surface area contributed by atoms with E-state index in [0.717, 1.165) is 34.6 Å². The molecule has 0 fully saturated rings. The third-order valence-electron chi connectivity index (χ3n) is 15.6. The lowest BCUT2D eigenvalue weighted by atomic mass is 9.80. The van der Waals surface area contributed by atoms with Gasteiger partial charge >= 0.3 is 0 Å². The molecule has 3 aliphatic rings. The number of aliphatic hydroxyl groups is 10. The minimum absolute atomic E-state index is 0.106. The van der Waals surface area contributed by atoms with Gasteiger partial charge in [-0.25, -0.2) is 0 Å². The Morgan fingerprint density at radius 3 is 1.85 bits per heavy atom. The first kappa shape index (κ1) is 70.6. The van der Waals surface area contributed by atoms with Crippen LogP contribution in [0.2, 0.25) is 0 Å². The monoisotopic (exact) mass is 1280 g/mol. The van der Waals surface area contributed by atoms with E-state index in [9.17, 15) is 91.9 Å². The predicted octanol–water partition coefficient (Wildman–Crippen LogP) is 0.642. The van der Waals surface area contributed by atoms with Gasteiger partial charge in [0.1, 0.15) is 54.7 Å². The van der Waals surface area contributed by atoms with Crippen LogP contribution >= 0.6 is 12.0 Å². The first-order valence-corrected chi connectivity index (χ1v) is 32.0. The van der Waals surface area contributed by atoms with E-state index in [-0.39, 0.29) is 34.7 Å². The Hall–Kier alpha value is -5.52. The van der Waals surface area contributed by atoms with Crippen molar-refractivity contribution < 1.29 is 111 Å². The fourth-order valence-electron chi connectivity index (χ4n) is 10.6. The van der Waals surface area contributed by atoms with Gasteiger partial charge in [0.2, 0.25) is 5.69 Å². The molecule has 0 bridgehead atoms. The lowest BCUT2D eigenvalue weighted by molar-refractivity contribution is -0.777. The third-order valence-corrected chi connectivity index (χ3v) is 17.9. The summed E-state index contributed by atoms with van der Waals surface area (Å²) in [5, 5.41) is 119. The minimum atomic E-state index is -4.57. The summed E-state index contributed by atoms with van der Waals surface area (Å²) < 4.78 is 80.2. The summed E-state index contributed by atoms with van der Waals surface area (Å²) in [6.45, 7) is 5.70. The lowest BCUT2D eigenvalue weighted by Gasteiger charge is -2.27. The molecule has 0 aromatic heterocycles. The molecule has 87 heavy (non-hydrogen) atoms. The van der Waals surface area contributed by atoms with Gasteiger partial charge in [0.15, 0.2) is 5.71 Å². The second-order valence-electron chi connectivity index (χ2n) is 22.4. The number of carbonyl (C=O) groups is 2. The summed E-state index contributed by atoms with van der Waals surface area (Å²) >= 11 is 0.855. The number of carbonyl (C=O) groups excluding carboxylic acids is 2. The molecular formula is C58H78N4O22S3. The quantitative estimate of drug-likeness (QED) is 0.0102. The van der Waals surface area contributed by atoms with Gasteiger partial charge in [-0.05, 0) is 136 Å². The van der Waals surface area contributed by atoms with E-state index in [4.69, 9.17) is 4.74 Å². The molecule has 26 nitrogen and oxygen atoms in total. The maximum atomic E-state index is 13.6. The SMILES string of the molecule is CC1(C)C(/C=C/C2=C(Oc3ccc(S(=O)(=O)O)cc3)C(=C/C=C3/N(CCCCSOO[O-])c4ccc(C(=O)NCC(O)C(O)C(O)C(O)CO)cc4C3(C)C)/CCC2)=[N+](CCCCS(=O)(=O)O)c2ccc(C(=O)NCC(O)C(O)C(O)C(O)CO)cc21. The Kier molecular flexibility index (Phi) is 25.0. The summed E-state index contributed by atoms with van der Waals surface area (Å²) in [4.78, 5) is 28.9. The van der Waals surface area contributed by atoms with E-state index >= 15 is 0 Å². The van der Waals surface area contributed by atoms with E-state index in [1.807, 2.05) is 56.6 Å². The van der Waals surface area contributed by atoms with Crippen molar-refractivity contribution in [3.63, 3.8) is 0 Å². The van der Waals surface area contributed by atoms with Crippen molar-refractivity contribution in [2.24, 2.45) is 0 Å². The minimum Gasteiger partial charge on any atom is -0.691 e. The number of anilines is 1. The molecule has 480 valence electrons. The van der Waals surface area contributed by atoms with Gasteiger partial charge in [0, 0.05) is 89.5 Å². The molecule has 0 saturated heterocycles. The molecule has 29 heteroatoms. The van der Waals surface area contributed by atoms with Crippen molar-refractivity contribution in [2.75, 3.05) is 55.8 Å². The normalized spacial score (nSPS) is 19.6. The van der Waals surface area contributed by atoms with E-state index in [1.54, 1.807) is 30.3 Å². The van der Waals surface area contributed by atoms with E-state index in [1.165, 1.54) is 30.3 Å². The number of rotatable bonds is 32. The number of benzene rings is 3. The summed E-state index contributed by atoms with van der Waals surface area (Å²) in [6, 6.07) is 15.2. The van der Waals surface area contributed by atoms with Crippen LogP contribution in [0.25, 0.3) is 0 Å². The highest BCUT2D eigenvalue weighted by Gasteiger charge is 2.45. The Bertz CT molecular complexity index is 3300. The van der Waals surface area contributed by atoms with Gasteiger partial charge in [-0.2, -0.15) is 25.7 Å². The lowest BCUT2D eigenvalue weighted by Crippen LogP contribution is -2.49. The molecule has 2 aliphatic heterocycles. The highest BCUT2D eigenvalue weighted by atomic mass is 32.2. The molecule has 0 spiro atoms. The maximum Gasteiger partial charge on any atom is 0.294 e. The average Bonchev–Trinajstić information content (AvgIpc) is 1.65. The molecule has 6 rings (SSSR count). The standard InChI is InChI=1S/C58H78N4O22S3/c1-57(2)40-28-36(55(73)59-30-44(65)50(69)52(71)46(67)32-63)12-20-42(40)61(24-5-7-26-85-84-83-75)48(57)22-14-34-10-9-11-35(54(34)82-38-16-18-39(19-17-38)87(79,80)81)15-23-49-58(3,4)41-29-37(13-21-43(41)62(49)25-6-8-27-86(76,77)78)56(74)60-31-45(66)51(70)53(72)47(68)33-64/h12-23,28-29,44-47,50-53,63-72H,5-11,24-27,30-33H2,1-4H3,(H4-,59,60,73,74,75,76,77,78,79,80,81). The number of amides is 2. The molecule has 0 radical (unpaired) electrons. The van der Waals surface area contributed by atoms with Gasteiger partial charge in [0.25, 0.3) is 32.1 Å². The Morgan fingerprint density at radius 1 is 0.713 bits per heavy atom. The molecule has 3 aromatic carbocycles. The van der Waals surface area contributed by atoms with Crippen LogP contribution < -0.4 is 25.5 Å². The number of aliphatic hydroxyl groups excluding tert-OH is 10. The zero-order chi connectivity index (χ0) is 64.2. The molecule has 2 heterocycles. The fourth-order valence-corrected chi connectivity index (χ4v) is 12.1. The van der Waals surface area contributed by atoms with Crippen molar-refractivity contribution in [3.05, 3.63) is 130 Å². The van der Waals surface area contributed by atoms with E-state index in [2.05, 4.69) is 24.9 Å². The molecule has 14 N–H and O–H groups in total. The van der Waals surface area contributed by atoms with Crippen molar-refractivity contribution in [2.45, 2.75) is 137 Å². The van der Waals surface area contributed by atoms with Crippen molar-refractivity contribution in [1.29, 1.82) is 0 Å².